The molecule has 0 aliphatic carbocycles. The standard InChI is InChI=1S/C25H27NO3/c1-2-28-21(18-27)17-19-11-13-20(14-12-19)29-16-15-26-24-9-5-3-7-22(24)23-8-4-6-10-25(23)26/h3-14,21,27H,2,15-18H2,1H3/t21-/m0/s1. The van der Waals surface area contributed by atoms with Gasteiger partial charge in [-0.1, -0.05) is 48.5 Å². The fraction of sp³-hybridized carbons (Fsp3) is 0.280. The molecule has 4 aromatic rings. The number of hydrogen-bond acceptors (Lipinski definition) is 3. The van der Waals surface area contributed by atoms with Gasteiger partial charge in [-0.25, -0.2) is 0 Å². The Hall–Kier alpha value is -2.82. The summed E-state index contributed by atoms with van der Waals surface area (Å²) >= 11 is 0. The quantitative estimate of drug-likeness (QED) is 0.447. The van der Waals surface area contributed by atoms with Gasteiger partial charge in [-0.05, 0) is 36.8 Å². The third-order valence-electron chi connectivity index (χ3n) is 5.26. The SMILES string of the molecule is CCO[C@H](CO)Cc1ccc(OCCn2c3ccccc3c3ccccc32)cc1. The summed E-state index contributed by atoms with van der Waals surface area (Å²) in [6.07, 6.45) is 0.550. The molecule has 1 atom stereocenters. The highest BCUT2D eigenvalue weighted by molar-refractivity contribution is 6.07. The van der Waals surface area contributed by atoms with Gasteiger partial charge >= 0.3 is 0 Å². The molecular formula is C25H27NO3. The van der Waals surface area contributed by atoms with Crippen LogP contribution in [0.4, 0.5) is 0 Å². The first-order chi connectivity index (χ1) is 14.3. The first-order valence-electron chi connectivity index (χ1n) is 10.2. The van der Waals surface area contributed by atoms with Crippen molar-refractivity contribution in [2.45, 2.75) is 26.0 Å². The highest BCUT2D eigenvalue weighted by Crippen LogP contribution is 2.28. The van der Waals surface area contributed by atoms with Crippen LogP contribution in [-0.2, 0) is 17.7 Å². The van der Waals surface area contributed by atoms with Crippen LogP contribution in [0.2, 0.25) is 0 Å². The Balaban J connectivity index is 1.43. The van der Waals surface area contributed by atoms with E-state index in [4.69, 9.17) is 9.47 Å². The van der Waals surface area contributed by atoms with Gasteiger partial charge in [-0.3, -0.25) is 0 Å². The number of rotatable bonds is 9. The summed E-state index contributed by atoms with van der Waals surface area (Å²) < 4.78 is 13.9. The first kappa shape index (κ1) is 19.5. The van der Waals surface area contributed by atoms with Gasteiger partial charge in [0.25, 0.3) is 0 Å². The van der Waals surface area contributed by atoms with Gasteiger partial charge in [0, 0.05) is 34.8 Å². The van der Waals surface area contributed by atoms with E-state index in [1.807, 2.05) is 31.2 Å². The third kappa shape index (κ3) is 4.29. The number of ether oxygens (including phenoxy) is 2. The van der Waals surface area contributed by atoms with Crippen molar-refractivity contribution in [1.29, 1.82) is 0 Å². The van der Waals surface area contributed by atoms with Gasteiger partial charge in [-0.2, -0.15) is 0 Å². The van der Waals surface area contributed by atoms with E-state index in [0.717, 1.165) is 17.9 Å². The summed E-state index contributed by atoms with van der Waals surface area (Å²) in [5, 5.41) is 11.9. The lowest BCUT2D eigenvalue weighted by molar-refractivity contribution is 0.0207. The Morgan fingerprint density at radius 2 is 1.48 bits per heavy atom. The summed E-state index contributed by atoms with van der Waals surface area (Å²) in [7, 11) is 0. The van der Waals surface area contributed by atoms with Crippen LogP contribution in [0.5, 0.6) is 5.75 Å². The van der Waals surface area contributed by atoms with Crippen molar-refractivity contribution in [1.82, 2.24) is 4.57 Å². The van der Waals surface area contributed by atoms with E-state index in [1.165, 1.54) is 21.8 Å². The van der Waals surface area contributed by atoms with Gasteiger partial charge < -0.3 is 19.1 Å². The minimum atomic E-state index is -0.151. The van der Waals surface area contributed by atoms with Crippen LogP contribution in [0.25, 0.3) is 21.8 Å². The second-order valence-electron chi connectivity index (χ2n) is 7.14. The zero-order valence-corrected chi connectivity index (χ0v) is 16.8. The van der Waals surface area contributed by atoms with Crippen LogP contribution in [0.1, 0.15) is 12.5 Å². The van der Waals surface area contributed by atoms with E-state index in [1.54, 1.807) is 0 Å². The molecule has 4 rings (SSSR count). The van der Waals surface area contributed by atoms with Crippen molar-refractivity contribution in [2.24, 2.45) is 0 Å². The molecule has 0 fully saturated rings. The number of hydrogen-bond donors (Lipinski definition) is 1. The molecule has 1 N–H and O–H groups in total. The number of aliphatic hydroxyl groups is 1. The number of aromatic nitrogens is 1. The average Bonchev–Trinajstić information content (AvgIpc) is 3.09. The van der Waals surface area contributed by atoms with E-state index in [-0.39, 0.29) is 12.7 Å². The number of fused-ring (bicyclic) bond motifs is 3. The van der Waals surface area contributed by atoms with Crippen LogP contribution in [0.3, 0.4) is 0 Å². The molecule has 0 aliphatic rings. The molecule has 0 saturated carbocycles. The molecule has 0 bridgehead atoms. The van der Waals surface area contributed by atoms with Crippen molar-refractivity contribution in [3.8, 4) is 5.75 Å². The van der Waals surface area contributed by atoms with E-state index >= 15 is 0 Å². The second-order valence-corrected chi connectivity index (χ2v) is 7.14. The molecule has 0 unspecified atom stereocenters. The zero-order valence-electron chi connectivity index (χ0n) is 16.8. The van der Waals surface area contributed by atoms with E-state index in [0.29, 0.717) is 19.6 Å². The molecule has 4 heteroatoms. The van der Waals surface area contributed by atoms with Crippen molar-refractivity contribution >= 4 is 21.8 Å². The van der Waals surface area contributed by atoms with Gasteiger partial charge in [0.2, 0.25) is 0 Å². The Morgan fingerprint density at radius 1 is 0.862 bits per heavy atom. The van der Waals surface area contributed by atoms with Crippen LogP contribution < -0.4 is 4.74 Å². The van der Waals surface area contributed by atoms with Crippen LogP contribution in [0.15, 0.2) is 72.8 Å². The molecule has 0 amide bonds. The zero-order chi connectivity index (χ0) is 20.1. The second kappa shape index (κ2) is 9.12. The number of para-hydroxylation sites is 2. The summed E-state index contributed by atoms with van der Waals surface area (Å²) in [6.45, 7) is 3.96. The molecule has 4 nitrogen and oxygen atoms in total. The maximum Gasteiger partial charge on any atom is 0.119 e. The maximum atomic E-state index is 9.38. The smallest absolute Gasteiger partial charge is 0.119 e. The van der Waals surface area contributed by atoms with Gasteiger partial charge in [0.15, 0.2) is 0 Å². The minimum Gasteiger partial charge on any atom is -0.492 e. The predicted molar refractivity (Wildman–Crippen MR) is 118 cm³/mol. The Bertz CT molecular complexity index is 1020. The molecule has 29 heavy (non-hydrogen) atoms. The monoisotopic (exact) mass is 389 g/mol. The molecule has 1 aromatic heterocycles. The molecule has 0 spiro atoms. The Labute approximate surface area is 171 Å². The number of aliphatic hydroxyl groups excluding tert-OH is 1. The van der Waals surface area contributed by atoms with E-state index < -0.39 is 0 Å². The molecule has 1 heterocycles. The van der Waals surface area contributed by atoms with Crippen molar-refractivity contribution < 1.29 is 14.6 Å². The lowest BCUT2D eigenvalue weighted by Gasteiger charge is -2.14. The number of nitrogens with zero attached hydrogens (tertiary/aromatic N) is 1. The molecule has 150 valence electrons. The lowest BCUT2D eigenvalue weighted by atomic mass is 10.1. The van der Waals surface area contributed by atoms with Crippen molar-refractivity contribution in [2.75, 3.05) is 19.8 Å². The minimum absolute atomic E-state index is 0.0326. The van der Waals surface area contributed by atoms with E-state index in [9.17, 15) is 5.11 Å². The van der Waals surface area contributed by atoms with Crippen LogP contribution in [-0.4, -0.2) is 35.6 Å². The fourth-order valence-electron chi connectivity index (χ4n) is 3.90. The highest BCUT2D eigenvalue weighted by Gasteiger charge is 2.10. The Morgan fingerprint density at radius 3 is 2.07 bits per heavy atom. The molecular weight excluding hydrogens is 362 g/mol. The maximum absolute atomic E-state index is 9.38. The fourth-order valence-corrected chi connectivity index (χ4v) is 3.90. The van der Waals surface area contributed by atoms with Crippen molar-refractivity contribution in [3.05, 3.63) is 78.4 Å². The summed E-state index contributed by atoms with van der Waals surface area (Å²) in [5.74, 6) is 0.853. The molecule has 0 aliphatic heterocycles. The first-order valence-corrected chi connectivity index (χ1v) is 10.2. The summed E-state index contributed by atoms with van der Waals surface area (Å²) in [4.78, 5) is 0. The molecule has 0 radical (unpaired) electrons. The summed E-state index contributed by atoms with van der Waals surface area (Å²) in [5.41, 5.74) is 3.60. The predicted octanol–water partition coefficient (Wildman–Crippen LogP) is 4.81. The Kier molecular flexibility index (Phi) is 6.13. The summed E-state index contributed by atoms with van der Waals surface area (Å²) in [6, 6.07) is 25.1. The van der Waals surface area contributed by atoms with E-state index in [2.05, 4.69) is 53.1 Å². The highest BCUT2D eigenvalue weighted by atomic mass is 16.5. The topological polar surface area (TPSA) is 43.6 Å². The van der Waals surface area contributed by atoms with Crippen LogP contribution in [0, 0.1) is 0 Å². The third-order valence-corrected chi connectivity index (χ3v) is 5.26. The largest absolute Gasteiger partial charge is 0.492 e. The molecule has 3 aromatic carbocycles. The van der Waals surface area contributed by atoms with Gasteiger partial charge in [0.05, 0.1) is 19.3 Å². The van der Waals surface area contributed by atoms with Gasteiger partial charge in [0.1, 0.15) is 12.4 Å². The molecule has 0 saturated heterocycles. The average molecular weight is 389 g/mol. The van der Waals surface area contributed by atoms with Gasteiger partial charge in [-0.15, -0.1) is 0 Å². The van der Waals surface area contributed by atoms with Crippen LogP contribution >= 0.6 is 0 Å². The lowest BCUT2D eigenvalue weighted by Crippen LogP contribution is -2.20. The number of benzene rings is 3. The van der Waals surface area contributed by atoms with Crippen molar-refractivity contribution in [3.63, 3.8) is 0 Å². The normalized spacial score (nSPS) is 12.5.